The van der Waals surface area contributed by atoms with E-state index in [-0.39, 0.29) is 0 Å². The first-order chi connectivity index (χ1) is 6.75. The second kappa shape index (κ2) is 3.66. The third-order valence-corrected chi connectivity index (χ3v) is 2.59. The Morgan fingerprint density at radius 3 is 2.33 bits per heavy atom. The molecule has 5 nitrogen and oxygen atoms in total. The Kier molecular flexibility index (Phi) is 2.86. The SMILES string of the molecule is Nc1c(F)ncc(C(F)F)c1S(N)(=O)=O. The minimum absolute atomic E-state index is 0.385. The van der Waals surface area contributed by atoms with Crippen LogP contribution in [0.2, 0.25) is 0 Å². The van der Waals surface area contributed by atoms with Crippen LogP contribution in [0.15, 0.2) is 11.1 Å². The number of nitrogens with zero attached hydrogens (tertiary/aromatic N) is 1. The minimum atomic E-state index is -4.52. The van der Waals surface area contributed by atoms with Gasteiger partial charge in [-0.05, 0) is 0 Å². The lowest BCUT2D eigenvalue weighted by atomic mass is 10.2. The van der Waals surface area contributed by atoms with Crippen molar-refractivity contribution >= 4 is 15.7 Å². The van der Waals surface area contributed by atoms with Crippen molar-refractivity contribution in [1.29, 1.82) is 0 Å². The molecule has 1 aromatic rings. The highest BCUT2D eigenvalue weighted by Gasteiger charge is 2.26. The van der Waals surface area contributed by atoms with E-state index in [0.717, 1.165) is 0 Å². The molecule has 0 aromatic carbocycles. The Balaban J connectivity index is 3.65. The Bertz CT molecular complexity index is 489. The van der Waals surface area contributed by atoms with E-state index < -0.39 is 38.5 Å². The van der Waals surface area contributed by atoms with Gasteiger partial charge in [0.1, 0.15) is 10.6 Å². The number of aromatic nitrogens is 1. The molecule has 9 heteroatoms. The van der Waals surface area contributed by atoms with Gasteiger partial charge in [-0.15, -0.1) is 0 Å². The molecule has 0 unspecified atom stereocenters. The van der Waals surface area contributed by atoms with E-state index in [1.165, 1.54) is 0 Å². The summed E-state index contributed by atoms with van der Waals surface area (Å²) in [6.45, 7) is 0. The summed E-state index contributed by atoms with van der Waals surface area (Å²) >= 11 is 0. The van der Waals surface area contributed by atoms with Crippen LogP contribution in [0.25, 0.3) is 0 Å². The molecular weight excluding hydrogens is 235 g/mol. The lowest BCUT2D eigenvalue weighted by Crippen LogP contribution is -2.18. The molecule has 1 rings (SSSR count). The summed E-state index contributed by atoms with van der Waals surface area (Å²) < 4.78 is 59.2. The van der Waals surface area contributed by atoms with Crippen molar-refractivity contribution in [3.8, 4) is 0 Å². The summed E-state index contributed by atoms with van der Waals surface area (Å²) in [7, 11) is -4.52. The second-order valence-corrected chi connectivity index (χ2v) is 4.09. The van der Waals surface area contributed by atoms with Gasteiger partial charge in [0.25, 0.3) is 6.43 Å². The first kappa shape index (κ1) is 11.7. The van der Waals surface area contributed by atoms with E-state index in [1.807, 2.05) is 0 Å². The summed E-state index contributed by atoms with van der Waals surface area (Å²) in [5.41, 5.74) is 2.96. The highest BCUT2D eigenvalue weighted by molar-refractivity contribution is 7.89. The molecule has 1 heterocycles. The maximum atomic E-state index is 12.8. The van der Waals surface area contributed by atoms with E-state index >= 15 is 0 Å². The fourth-order valence-corrected chi connectivity index (χ4v) is 1.84. The van der Waals surface area contributed by atoms with Crippen molar-refractivity contribution in [3.63, 3.8) is 0 Å². The number of alkyl halides is 2. The van der Waals surface area contributed by atoms with E-state index in [0.29, 0.717) is 6.20 Å². The largest absolute Gasteiger partial charge is 0.394 e. The maximum absolute atomic E-state index is 12.8. The van der Waals surface area contributed by atoms with Crippen molar-refractivity contribution < 1.29 is 21.6 Å². The Labute approximate surface area is 83.0 Å². The number of nitrogen functional groups attached to an aromatic ring is 1. The molecule has 4 N–H and O–H groups in total. The summed E-state index contributed by atoms with van der Waals surface area (Å²) in [5.74, 6) is -1.36. The van der Waals surface area contributed by atoms with Crippen LogP contribution in [-0.2, 0) is 10.0 Å². The van der Waals surface area contributed by atoms with Gasteiger partial charge in [0, 0.05) is 6.20 Å². The quantitative estimate of drug-likeness (QED) is 0.731. The zero-order valence-corrected chi connectivity index (χ0v) is 7.93. The third-order valence-electron chi connectivity index (χ3n) is 1.57. The molecule has 0 spiro atoms. The number of hydrogen-bond donors (Lipinski definition) is 2. The average Bonchev–Trinajstić information content (AvgIpc) is 2.06. The van der Waals surface area contributed by atoms with Crippen molar-refractivity contribution in [2.75, 3.05) is 5.73 Å². The summed E-state index contributed by atoms with van der Waals surface area (Å²) in [6.07, 6.45) is -2.77. The molecule has 84 valence electrons. The molecule has 0 aliphatic rings. The zero-order chi connectivity index (χ0) is 11.8. The lowest BCUT2D eigenvalue weighted by Gasteiger charge is -2.09. The first-order valence-electron chi connectivity index (χ1n) is 3.50. The van der Waals surface area contributed by atoms with E-state index in [1.54, 1.807) is 0 Å². The predicted molar refractivity (Wildman–Crippen MR) is 44.9 cm³/mol. The maximum Gasteiger partial charge on any atom is 0.266 e. The van der Waals surface area contributed by atoms with Gasteiger partial charge in [-0.2, -0.15) is 4.39 Å². The van der Waals surface area contributed by atoms with Gasteiger partial charge in [-0.1, -0.05) is 0 Å². The molecule has 0 fully saturated rings. The molecule has 0 bridgehead atoms. The number of anilines is 1. The highest BCUT2D eigenvalue weighted by atomic mass is 32.2. The van der Waals surface area contributed by atoms with E-state index in [2.05, 4.69) is 10.1 Å². The fourth-order valence-electron chi connectivity index (χ4n) is 0.977. The van der Waals surface area contributed by atoms with Crippen molar-refractivity contribution in [2.45, 2.75) is 11.3 Å². The average molecular weight is 241 g/mol. The van der Waals surface area contributed by atoms with Gasteiger partial charge in [-0.25, -0.2) is 27.3 Å². The van der Waals surface area contributed by atoms with Crippen LogP contribution < -0.4 is 10.9 Å². The van der Waals surface area contributed by atoms with Crippen LogP contribution in [0.5, 0.6) is 0 Å². The van der Waals surface area contributed by atoms with Crippen LogP contribution >= 0.6 is 0 Å². The zero-order valence-electron chi connectivity index (χ0n) is 7.12. The van der Waals surface area contributed by atoms with Crippen LogP contribution in [-0.4, -0.2) is 13.4 Å². The highest BCUT2D eigenvalue weighted by Crippen LogP contribution is 2.30. The van der Waals surface area contributed by atoms with Gasteiger partial charge >= 0.3 is 0 Å². The Morgan fingerprint density at radius 1 is 1.40 bits per heavy atom. The first-order valence-corrected chi connectivity index (χ1v) is 5.04. The number of nitrogens with two attached hydrogens (primary N) is 2. The van der Waals surface area contributed by atoms with Gasteiger partial charge in [0.05, 0.1) is 5.56 Å². The van der Waals surface area contributed by atoms with Crippen LogP contribution in [0.1, 0.15) is 12.0 Å². The minimum Gasteiger partial charge on any atom is -0.394 e. The van der Waals surface area contributed by atoms with Gasteiger partial charge in [0.15, 0.2) is 0 Å². The molecule has 15 heavy (non-hydrogen) atoms. The molecule has 0 aliphatic carbocycles. The third kappa shape index (κ3) is 2.18. The molecule has 0 aliphatic heterocycles. The normalized spacial score (nSPS) is 12.1. The molecule has 0 radical (unpaired) electrons. The van der Waals surface area contributed by atoms with Crippen molar-refractivity contribution in [3.05, 3.63) is 17.7 Å². The van der Waals surface area contributed by atoms with Crippen LogP contribution in [0, 0.1) is 5.95 Å². The monoisotopic (exact) mass is 241 g/mol. The van der Waals surface area contributed by atoms with Gasteiger partial charge < -0.3 is 5.73 Å². The fraction of sp³-hybridized carbons (Fsp3) is 0.167. The standard InChI is InChI=1S/C6H6F3N3O2S/c7-5(8)2-1-12-6(9)3(10)4(2)15(11,13)14/h1,5H,10H2,(H2,11,13,14). The molecule has 0 saturated carbocycles. The van der Waals surface area contributed by atoms with Crippen LogP contribution in [0.4, 0.5) is 18.9 Å². The van der Waals surface area contributed by atoms with E-state index in [4.69, 9.17) is 5.73 Å². The predicted octanol–water partition coefficient (Wildman–Crippen LogP) is 0.388. The Morgan fingerprint density at radius 2 is 1.93 bits per heavy atom. The second-order valence-electron chi connectivity index (χ2n) is 2.59. The molecule has 1 aromatic heterocycles. The van der Waals surface area contributed by atoms with Gasteiger partial charge in [0.2, 0.25) is 16.0 Å². The number of sulfonamides is 1. The number of halogens is 3. The van der Waals surface area contributed by atoms with Crippen molar-refractivity contribution in [2.24, 2.45) is 5.14 Å². The summed E-state index contributed by atoms with van der Waals surface area (Å²) in [4.78, 5) is 1.76. The number of primary sulfonamides is 1. The lowest BCUT2D eigenvalue weighted by molar-refractivity contribution is 0.147. The topological polar surface area (TPSA) is 99.1 Å². The van der Waals surface area contributed by atoms with E-state index in [9.17, 15) is 21.6 Å². The summed E-state index contributed by atoms with van der Waals surface area (Å²) in [5, 5.41) is 4.63. The Hall–Kier alpha value is -1.35. The number of hydrogen-bond acceptors (Lipinski definition) is 4. The number of rotatable bonds is 2. The molecule has 0 amide bonds. The van der Waals surface area contributed by atoms with Crippen molar-refractivity contribution in [1.82, 2.24) is 4.98 Å². The van der Waals surface area contributed by atoms with Gasteiger partial charge in [-0.3, -0.25) is 0 Å². The summed E-state index contributed by atoms with van der Waals surface area (Å²) in [6, 6.07) is 0. The molecule has 0 saturated heterocycles. The van der Waals surface area contributed by atoms with Crippen LogP contribution in [0.3, 0.4) is 0 Å². The molecular formula is C6H6F3N3O2S. The molecule has 0 atom stereocenters. The number of pyridine rings is 1. The smallest absolute Gasteiger partial charge is 0.266 e.